The summed E-state index contributed by atoms with van der Waals surface area (Å²) >= 11 is 0. The second-order valence-corrected chi connectivity index (χ2v) is 8.12. The third-order valence-corrected chi connectivity index (χ3v) is 3.68. The summed E-state index contributed by atoms with van der Waals surface area (Å²) in [6.07, 6.45) is -0.0186. The lowest BCUT2D eigenvalue weighted by Crippen LogP contribution is -2.45. The summed E-state index contributed by atoms with van der Waals surface area (Å²) in [5.41, 5.74) is -1.21. The van der Waals surface area contributed by atoms with Crippen LogP contribution < -0.4 is 0 Å². The highest BCUT2D eigenvalue weighted by atomic mass is 16.6. The van der Waals surface area contributed by atoms with Gasteiger partial charge in [0.05, 0.1) is 6.10 Å². The summed E-state index contributed by atoms with van der Waals surface area (Å²) in [6.45, 7) is 13.2. The van der Waals surface area contributed by atoms with Gasteiger partial charge in [-0.05, 0) is 54.9 Å². The lowest BCUT2D eigenvalue weighted by Gasteiger charge is -2.29. The van der Waals surface area contributed by atoms with Crippen molar-refractivity contribution in [2.75, 3.05) is 13.7 Å². The summed E-state index contributed by atoms with van der Waals surface area (Å²) in [5.74, 6) is -0.320. The Balaban J connectivity index is 2.93. The molecule has 1 aliphatic rings. The zero-order valence-corrected chi connectivity index (χ0v) is 15.6. The van der Waals surface area contributed by atoms with Crippen LogP contribution in [-0.4, -0.2) is 54.0 Å². The van der Waals surface area contributed by atoms with Gasteiger partial charge in [-0.1, -0.05) is 0 Å². The summed E-state index contributed by atoms with van der Waals surface area (Å²) in [7, 11) is 1.63. The molecule has 6 nitrogen and oxygen atoms in total. The van der Waals surface area contributed by atoms with Gasteiger partial charge >= 0.3 is 12.1 Å². The first-order chi connectivity index (χ1) is 10.3. The highest BCUT2D eigenvalue weighted by molar-refractivity contribution is 5.82. The van der Waals surface area contributed by atoms with Gasteiger partial charge in [0.25, 0.3) is 0 Å². The Hall–Kier alpha value is -1.30. The van der Waals surface area contributed by atoms with Crippen molar-refractivity contribution in [2.45, 2.75) is 78.2 Å². The number of carbonyl (C=O) groups excluding carboxylic acids is 2. The van der Waals surface area contributed by atoms with E-state index in [2.05, 4.69) is 0 Å². The third-order valence-electron chi connectivity index (χ3n) is 3.68. The third kappa shape index (κ3) is 6.01. The lowest BCUT2D eigenvalue weighted by molar-refractivity contribution is -0.160. The molecule has 3 atom stereocenters. The van der Waals surface area contributed by atoms with Crippen molar-refractivity contribution in [1.29, 1.82) is 0 Å². The first kappa shape index (κ1) is 19.7. The molecule has 134 valence electrons. The van der Waals surface area contributed by atoms with Crippen molar-refractivity contribution < 1.29 is 23.8 Å². The Kier molecular flexibility index (Phi) is 6.07. The Morgan fingerprint density at radius 1 is 1.04 bits per heavy atom. The maximum atomic E-state index is 12.5. The predicted molar refractivity (Wildman–Crippen MR) is 87.2 cm³/mol. The van der Waals surface area contributed by atoms with Gasteiger partial charge in [-0.25, -0.2) is 9.59 Å². The largest absolute Gasteiger partial charge is 0.458 e. The van der Waals surface area contributed by atoms with E-state index in [-0.39, 0.29) is 12.0 Å². The Bertz CT molecular complexity index is 399. The van der Waals surface area contributed by atoms with Crippen molar-refractivity contribution in [3.8, 4) is 0 Å². The molecule has 0 N–H and O–H groups in total. The molecule has 6 heteroatoms. The van der Waals surface area contributed by atoms with E-state index >= 15 is 0 Å². The molecule has 0 saturated carbocycles. The van der Waals surface area contributed by atoms with Crippen molar-refractivity contribution >= 4 is 12.1 Å². The first-order valence-electron chi connectivity index (χ1n) is 8.09. The molecule has 0 aromatic heterocycles. The standard InChI is InChI=1S/C17H31NO5/c1-11(21-8)12-9-13(14(19)22-16(2,3)4)18(10-12)15(20)23-17(5,6)7/h11-13H,9-10H2,1-8H3/t11?,12-,13-/m0/s1. The molecule has 1 aliphatic heterocycles. The fourth-order valence-corrected chi connectivity index (χ4v) is 2.52. The number of hydrogen-bond donors (Lipinski definition) is 0. The van der Waals surface area contributed by atoms with Crippen LogP contribution in [0.25, 0.3) is 0 Å². The fourth-order valence-electron chi connectivity index (χ4n) is 2.52. The van der Waals surface area contributed by atoms with Gasteiger partial charge in [0, 0.05) is 19.6 Å². The molecule has 23 heavy (non-hydrogen) atoms. The molecule has 0 spiro atoms. The molecular formula is C17H31NO5. The minimum atomic E-state index is -0.633. The number of esters is 1. The molecule has 0 aliphatic carbocycles. The van der Waals surface area contributed by atoms with Crippen LogP contribution >= 0.6 is 0 Å². The normalized spacial score (nSPS) is 23.6. The molecule has 1 saturated heterocycles. The number of methoxy groups -OCH3 is 1. The number of carbonyl (C=O) groups is 2. The van der Waals surface area contributed by atoms with E-state index in [1.807, 2.05) is 27.7 Å². The van der Waals surface area contributed by atoms with Crippen LogP contribution in [0.2, 0.25) is 0 Å². The van der Waals surface area contributed by atoms with E-state index in [0.717, 1.165) is 0 Å². The maximum absolute atomic E-state index is 12.5. The molecule has 1 rings (SSSR count). The van der Waals surface area contributed by atoms with Gasteiger partial charge in [-0.15, -0.1) is 0 Å². The fraction of sp³-hybridized carbons (Fsp3) is 0.882. The molecule has 1 unspecified atom stereocenters. The molecule has 1 fully saturated rings. The highest BCUT2D eigenvalue weighted by Crippen LogP contribution is 2.30. The molecule has 1 heterocycles. The number of hydrogen-bond acceptors (Lipinski definition) is 5. The average molecular weight is 329 g/mol. The quantitative estimate of drug-likeness (QED) is 0.745. The minimum Gasteiger partial charge on any atom is -0.458 e. The van der Waals surface area contributed by atoms with Crippen LogP contribution in [0, 0.1) is 5.92 Å². The number of likely N-dealkylation sites (tertiary alicyclic amines) is 1. The second kappa shape index (κ2) is 7.07. The summed E-state index contributed by atoms with van der Waals surface area (Å²) in [6, 6.07) is -0.633. The van der Waals surface area contributed by atoms with Crippen LogP contribution in [0.5, 0.6) is 0 Å². The molecular weight excluding hydrogens is 298 g/mol. The van der Waals surface area contributed by atoms with Crippen molar-refractivity contribution in [2.24, 2.45) is 5.92 Å². The molecule has 1 amide bonds. The lowest BCUT2D eigenvalue weighted by atomic mass is 10.00. The zero-order valence-electron chi connectivity index (χ0n) is 15.6. The number of amides is 1. The van der Waals surface area contributed by atoms with Gasteiger partial charge in [0.2, 0.25) is 0 Å². The Morgan fingerprint density at radius 2 is 1.57 bits per heavy atom. The SMILES string of the molecule is COC(C)[C@H]1C[C@@H](C(=O)OC(C)(C)C)N(C(=O)OC(C)(C)C)C1. The molecule has 0 aromatic rings. The van der Waals surface area contributed by atoms with Gasteiger partial charge in [0.1, 0.15) is 17.2 Å². The van der Waals surface area contributed by atoms with E-state index in [0.29, 0.717) is 13.0 Å². The minimum absolute atomic E-state index is 0.0487. The highest BCUT2D eigenvalue weighted by Gasteiger charge is 2.44. The Morgan fingerprint density at radius 3 is 2.00 bits per heavy atom. The summed E-state index contributed by atoms with van der Waals surface area (Å²) < 4.78 is 16.3. The van der Waals surface area contributed by atoms with E-state index in [4.69, 9.17) is 14.2 Å². The summed E-state index contributed by atoms with van der Waals surface area (Å²) in [4.78, 5) is 26.4. The van der Waals surface area contributed by atoms with Crippen LogP contribution in [0.15, 0.2) is 0 Å². The Labute approximate surface area is 139 Å². The monoisotopic (exact) mass is 329 g/mol. The molecule has 0 bridgehead atoms. The van der Waals surface area contributed by atoms with E-state index in [9.17, 15) is 9.59 Å². The zero-order chi connectivity index (χ0) is 18.0. The van der Waals surface area contributed by atoms with Crippen LogP contribution in [0.4, 0.5) is 4.79 Å². The van der Waals surface area contributed by atoms with Crippen LogP contribution in [0.1, 0.15) is 54.9 Å². The number of nitrogens with zero attached hydrogens (tertiary/aromatic N) is 1. The van der Waals surface area contributed by atoms with Crippen molar-refractivity contribution in [3.63, 3.8) is 0 Å². The van der Waals surface area contributed by atoms with Crippen molar-refractivity contribution in [3.05, 3.63) is 0 Å². The number of rotatable bonds is 3. The smallest absolute Gasteiger partial charge is 0.411 e. The van der Waals surface area contributed by atoms with Gasteiger partial charge < -0.3 is 14.2 Å². The van der Waals surface area contributed by atoms with Gasteiger partial charge in [0.15, 0.2) is 0 Å². The molecule has 0 aromatic carbocycles. The van der Waals surface area contributed by atoms with E-state index in [1.54, 1.807) is 27.9 Å². The van der Waals surface area contributed by atoms with E-state index < -0.39 is 29.3 Å². The molecule has 0 radical (unpaired) electrons. The first-order valence-corrected chi connectivity index (χ1v) is 8.09. The van der Waals surface area contributed by atoms with Gasteiger partial charge in [-0.2, -0.15) is 0 Å². The topological polar surface area (TPSA) is 65.1 Å². The maximum Gasteiger partial charge on any atom is 0.411 e. The predicted octanol–water partition coefficient (Wildman–Crippen LogP) is 2.99. The van der Waals surface area contributed by atoms with Crippen LogP contribution in [-0.2, 0) is 19.0 Å². The van der Waals surface area contributed by atoms with E-state index in [1.165, 1.54) is 4.90 Å². The van der Waals surface area contributed by atoms with Gasteiger partial charge in [-0.3, -0.25) is 4.90 Å². The second-order valence-electron chi connectivity index (χ2n) is 8.12. The number of ether oxygens (including phenoxy) is 3. The van der Waals surface area contributed by atoms with Crippen molar-refractivity contribution in [1.82, 2.24) is 4.90 Å². The van der Waals surface area contributed by atoms with Crippen LogP contribution in [0.3, 0.4) is 0 Å². The average Bonchev–Trinajstić information content (AvgIpc) is 2.78. The summed E-state index contributed by atoms with van der Waals surface area (Å²) in [5, 5.41) is 0.